The molecule has 2 aromatic carbocycles. The Kier molecular flexibility index (Phi) is 3.54. The molecular weight excluding hydrogens is 258 g/mol. The van der Waals surface area contributed by atoms with Gasteiger partial charge in [-0.3, -0.25) is 4.79 Å². The first-order valence-electron chi connectivity index (χ1n) is 7.56. The lowest BCUT2D eigenvalue weighted by Crippen LogP contribution is -2.14. The Morgan fingerprint density at radius 2 is 1.86 bits per heavy atom. The van der Waals surface area contributed by atoms with Crippen LogP contribution >= 0.6 is 0 Å². The van der Waals surface area contributed by atoms with Crippen molar-refractivity contribution >= 4 is 11.6 Å². The summed E-state index contributed by atoms with van der Waals surface area (Å²) in [5.41, 5.74) is 5.40. The molecule has 0 saturated heterocycles. The van der Waals surface area contributed by atoms with Crippen LogP contribution in [0.25, 0.3) is 0 Å². The maximum atomic E-state index is 12.5. The highest BCUT2D eigenvalue weighted by molar-refractivity contribution is 6.05. The van der Waals surface area contributed by atoms with Gasteiger partial charge in [0.05, 0.1) is 0 Å². The lowest BCUT2D eigenvalue weighted by molar-refractivity contribution is 0.102. The van der Waals surface area contributed by atoms with Gasteiger partial charge in [0.25, 0.3) is 5.91 Å². The van der Waals surface area contributed by atoms with Crippen molar-refractivity contribution in [1.82, 2.24) is 0 Å². The first-order valence-corrected chi connectivity index (χ1v) is 7.56. The van der Waals surface area contributed by atoms with E-state index in [2.05, 4.69) is 25.2 Å². The van der Waals surface area contributed by atoms with E-state index in [1.165, 1.54) is 11.1 Å². The smallest absolute Gasteiger partial charge is 0.255 e. The van der Waals surface area contributed by atoms with Gasteiger partial charge < -0.3 is 5.32 Å². The molecular formula is C19H21NO. The summed E-state index contributed by atoms with van der Waals surface area (Å²) in [6.45, 7) is 6.51. The van der Waals surface area contributed by atoms with E-state index in [0.717, 1.165) is 23.2 Å². The molecule has 2 unspecified atom stereocenters. The lowest BCUT2D eigenvalue weighted by Gasteiger charge is -2.12. The third-order valence-electron chi connectivity index (χ3n) is 4.72. The summed E-state index contributed by atoms with van der Waals surface area (Å²) in [5, 5.41) is 3.10. The van der Waals surface area contributed by atoms with Crippen molar-refractivity contribution in [3.8, 4) is 0 Å². The second-order valence-electron chi connectivity index (χ2n) is 6.11. The molecule has 0 saturated carbocycles. The summed E-state index contributed by atoms with van der Waals surface area (Å²) in [4.78, 5) is 12.5. The van der Waals surface area contributed by atoms with Crippen molar-refractivity contribution in [3.63, 3.8) is 0 Å². The van der Waals surface area contributed by atoms with Crippen LogP contribution in [0.1, 0.15) is 46.8 Å². The van der Waals surface area contributed by atoms with Crippen LogP contribution in [-0.2, 0) is 6.42 Å². The Morgan fingerprint density at radius 3 is 2.62 bits per heavy atom. The number of carbonyl (C=O) groups is 1. The molecule has 2 aromatic rings. The molecule has 0 aliphatic heterocycles. The second kappa shape index (κ2) is 5.36. The van der Waals surface area contributed by atoms with E-state index in [-0.39, 0.29) is 5.91 Å². The molecule has 1 aliphatic carbocycles. The number of hydrogen-bond acceptors (Lipinski definition) is 1. The molecule has 2 nitrogen and oxygen atoms in total. The fourth-order valence-electron chi connectivity index (χ4n) is 3.20. The number of carbonyl (C=O) groups excluding carboxylic acids is 1. The Bertz CT molecular complexity index is 690. The van der Waals surface area contributed by atoms with Crippen molar-refractivity contribution in [2.45, 2.75) is 33.1 Å². The Balaban J connectivity index is 1.91. The fourth-order valence-corrected chi connectivity index (χ4v) is 3.20. The van der Waals surface area contributed by atoms with Crippen LogP contribution in [0.5, 0.6) is 0 Å². The van der Waals surface area contributed by atoms with Gasteiger partial charge in [0.15, 0.2) is 0 Å². The van der Waals surface area contributed by atoms with E-state index < -0.39 is 0 Å². The van der Waals surface area contributed by atoms with Crippen LogP contribution in [0.2, 0.25) is 0 Å². The minimum atomic E-state index is -0.0197. The van der Waals surface area contributed by atoms with Gasteiger partial charge in [-0.25, -0.2) is 0 Å². The summed E-state index contributed by atoms with van der Waals surface area (Å²) in [7, 11) is 0. The highest BCUT2D eigenvalue weighted by Crippen LogP contribution is 2.40. The molecule has 1 aliphatic rings. The zero-order valence-corrected chi connectivity index (χ0v) is 12.8. The summed E-state index contributed by atoms with van der Waals surface area (Å²) in [6, 6.07) is 13.9. The van der Waals surface area contributed by atoms with Gasteiger partial charge in [-0.2, -0.15) is 0 Å². The zero-order valence-electron chi connectivity index (χ0n) is 12.8. The van der Waals surface area contributed by atoms with Crippen molar-refractivity contribution in [3.05, 3.63) is 64.7 Å². The molecule has 3 rings (SSSR count). The van der Waals surface area contributed by atoms with Crippen LogP contribution in [-0.4, -0.2) is 5.91 Å². The summed E-state index contributed by atoms with van der Waals surface area (Å²) >= 11 is 0. The molecule has 0 fully saturated rings. The minimum absolute atomic E-state index is 0.0197. The topological polar surface area (TPSA) is 29.1 Å². The number of amides is 1. The van der Waals surface area contributed by atoms with Crippen molar-refractivity contribution in [1.29, 1.82) is 0 Å². The van der Waals surface area contributed by atoms with Gasteiger partial charge in [0.1, 0.15) is 0 Å². The van der Waals surface area contributed by atoms with Crippen LogP contribution in [0, 0.1) is 12.8 Å². The van der Waals surface area contributed by atoms with E-state index >= 15 is 0 Å². The minimum Gasteiger partial charge on any atom is -0.322 e. The average Bonchev–Trinajstić information content (AvgIpc) is 2.76. The number of hydrogen-bond donors (Lipinski definition) is 1. The standard InChI is InChI=1S/C19H21NO/c1-12-7-4-5-8-15(12)19(21)20-18-10-6-9-16-14(3)13(2)11-17(16)18/h4-10,13-14H,11H2,1-3H3,(H,20,21). The SMILES string of the molecule is Cc1ccccc1C(=O)Nc1cccc2c1CC(C)C2C. The number of rotatable bonds is 2. The van der Waals surface area contributed by atoms with Crippen molar-refractivity contribution in [2.24, 2.45) is 5.92 Å². The molecule has 0 bridgehead atoms. The number of aryl methyl sites for hydroxylation is 1. The van der Waals surface area contributed by atoms with E-state index in [4.69, 9.17) is 0 Å². The maximum absolute atomic E-state index is 12.5. The van der Waals surface area contributed by atoms with Gasteiger partial charge in [0, 0.05) is 11.3 Å². The van der Waals surface area contributed by atoms with Crippen LogP contribution in [0.15, 0.2) is 42.5 Å². The summed E-state index contributed by atoms with van der Waals surface area (Å²) in [5.74, 6) is 1.18. The van der Waals surface area contributed by atoms with E-state index in [1.807, 2.05) is 43.3 Å². The van der Waals surface area contributed by atoms with Gasteiger partial charge in [-0.1, -0.05) is 44.2 Å². The van der Waals surface area contributed by atoms with Gasteiger partial charge in [-0.05, 0) is 54.0 Å². The van der Waals surface area contributed by atoms with Crippen LogP contribution in [0.4, 0.5) is 5.69 Å². The maximum Gasteiger partial charge on any atom is 0.255 e. The molecule has 0 radical (unpaired) electrons. The second-order valence-corrected chi connectivity index (χ2v) is 6.11. The highest BCUT2D eigenvalue weighted by Gasteiger charge is 2.28. The molecule has 1 amide bonds. The molecule has 2 atom stereocenters. The van der Waals surface area contributed by atoms with Gasteiger partial charge in [0.2, 0.25) is 0 Å². The first-order chi connectivity index (χ1) is 10.1. The highest BCUT2D eigenvalue weighted by atomic mass is 16.1. The van der Waals surface area contributed by atoms with Gasteiger partial charge >= 0.3 is 0 Å². The van der Waals surface area contributed by atoms with Crippen molar-refractivity contribution < 1.29 is 4.79 Å². The Hall–Kier alpha value is -2.09. The largest absolute Gasteiger partial charge is 0.322 e. The predicted molar refractivity (Wildman–Crippen MR) is 86.9 cm³/mol. The van der Waals surface area contributed by atoms with E-state index in [1.54, 1.807) is 0 Å². The fraction of sp³-hybridized carbons (Fsp3) is 0.316. The van der Waals surface area contributed by atoms with Crippen molar-refractivity contribution in [2.75, 3.05) is 5.32 Å². The van der Waals surface area contributed by atoms with Gasteiger partial charge in [-0.15, -0.1) is 0 Å². The number of anilines is 1. The normalized spacial score (nSPS) is 20.1. The molecule has 1 N–H and O–H groups in total. The quantitative estimate of drug-likeness (QED) is 0.859. The lowest BCUT2D eigenvalue weighted by atomic mass is 9.97. The molecule has 108 valence electrons. The third kappa shape index (κ3) is 2.46. The first kappa shape index (κ1) is 13.9. The average molecular weight is 279 g/mol. The Labute approximate surface area is 126 Å². The van der Waals surface area contributed by atoms with Crippen LogP contribution < -0.4 is 5.32 Å². The monoisotopic (exact) mass is 279 g/mol. The predicted octanol–water partition coefficient (Wildman–Crippen LogP) is 4.54. The Morgan fingerprint density at radius 1 is 1.10 bits per heavy atom. The van der Waals surface area contributed by atoms with Crippen LogP contribution in [0.3, 0.4) is 0 Å². The summed E-state index contributed by atoms with van der Waals surface area (Å²) < 4.78 is 0. The molecule has 0 spiro atoms. The zero-order chi connectivity index (χ0) is 15.0. The number of benzene rings is 2. The summed E-state index contributed by atoms with van der Waals surface area (Å²) in [6.07, 6.45) is 1.04. The van der Waals surface area contributed by atoms with E-state index in [0.29, 0.717) is 11.8 Å². The molecule has 0 aromatic heterocycles. The molecule has 2 heteroatoms. The van der Waals surface area contributed by atoms with E-state index in [9.17, 15) is 4.79 Å². The third-order valence-corrected chi connectivity index (χ3v) is 4.72. The molecule has 0 heterocycles. The molecule has 21 heavy (non-hydrogen) atoms. The number of fused-ring (bicyclic) bond motifs is 1. The number of nitrogens with one attached hydrogen (secondary N) is 1.